The smallest absolute Gasteiger partial charge is 0.345 e. The number of esters is 1. The minimum Gasteiger partial charge on any atom is -0.452 e. The third-order valence-electron chi connectivity index (χ3n) is 2.64. The van der Waals surface area contributed by atoms with Crippen molar-refractivity contribution in [3.63, 3.8) is 0 Å². The number of benzene rings is 1. The Labute approximate surface area is 93.2 Å². The fourth-order valence-corrected chi connectivity index (χ4v) is 1.52. The molecule has 1 atom stereocenters. The Kier molecular flexibility index (Phi) is 2.42. The van der Waals surface area contributed by atoms with Gasteiger partial charge >= 0.3 is 5.97 Å². The van der Waals surface area contributed by atoms with Crippen molar-refractivity contribution in [2.45, 2.75) is 26.1 Å². The first kappa shape index (κ1) is 10.7. The Hall–Kier alpha value is -1.84. The summed E-state index contributed by atoms with van der Waals surface area (Å²) in [5, 5.41) is 0. The van der Waals surface area contributed by atoms with Crippen LogP contribution in [-0.4, -0.2) is 18.0 Å². The lowest BCUT2D eigenvalue weighted by atomic mass is 10.1. The van der Waals surface area contributed by atoms with Gasteiger partial charge in [0.05, 0.1) is 0 Å². The first-order valence-electron chi connectivity index (χ1n) is 5.09. The second kappa shape index (κ2) is 3.63. The van der Waals surface area contributed by atoms with Crippen LogP contribution in [0.5, 0.6) is 5.75 Å². The van der Waals surface area contributed by atoms with Gasteiger partial charge in [-0.05, 0) is 18.2 Å². The summed E-state index contributed by atoms with van der Waals surface area (Å²) in [5.41, 5.74) is 0.731. The molecule has 0 radical (unpaired) electrons. The fraction of sp³-hybridized carbons (Fsp3) is 0.333. The average Bonchev–Trinajstić information content (AvgIpc) is 2.28. The molecule has 1 aromatic carbocycles. The van der Waals surface area contributed by atoms with E-state index in [1.54, 1.807) is 19.1 Å². The summed E-state index contributed by atoms with van der Waals surface area (Å²) in [6.45, 7) is 3.58. The summed E-state index contributed by atoms with van der Waals surface area (Å²) in [7, 11) is 0. The largest absolute Gasteiger partial charge is 0.452 e. The molecule has 1 aliphatic heterocycles. The molecule has 2 rings (SSSR count). The van der Waals surface area contributed by atoms with Gasteiger partial charge in [0.15, 0.2) is 0 Å². The molecule has 0 N–H and O–H groups in total. The molecule has 0 bridgehead atoms. The van der Waals surface area contributed by atoms with Gasteiger partial charge in [-0.15, -0.1) is 0 Å². The SMILES string of the molecule is CCC1(C)OC(=O)c2cc(C=O)ccc2O1. The number of hydrogen-bond donors (Lipinski definition) is 0. The van der Waals surface area contributed by atoms with Crippen molar-refractivity contribution in [1.29, 1.82) is 0 Å². The quantitative estimate of drug-likeness (QED) is 0.566. The highest BCUT2D eigenvalue weighted by molar-refractivity contribution is 5.95. The maximum absolute atomic E-state index is 11.7. The molecule has 0 aliphatic carbocycles. The van der Waals surface area contributed by atoms with Crippen LogP contribution in [0.1, 0.15) is 41.0 Å². The normalized spacial score (nSPS) is 23.0. The summed E-state index contributed by atoms with van der Waals surface area (Å²) in [6, 6.07) is 4.70. The van der Waals surface area contributed by atoms with Gasteiger partial charge in [0, 0.05) is 18.9 Å². The van der Waals surface area contributed by atoms with E-state index in [0.717, 1.165) is 0 Å². The van der Waals surface area contributed by atoms with E-state index in [1.165, 1.54) is 6.07 Å². The van der Waals surface area contributed by atoms with E-state index in [2.05, 4.69) is 0 Å². The number of ether oxygens (including phenoxy) is 2. The van der Waals surface area contributed by atoms with E-state index in [9.17, 15) is 9.59 Å². The molecule has 0 saturated carbocycles. The first-order chi connectivity index (χ1) is 7.58. The van der Waals surface area contributed by atoms with E-state index in [4.69, 9.17) is 9.47 Å². The Balaban J connectivity index is 2.46. The van der Waals surface area contributed by atoms with Crippen molar-refractivity contribution in [3.8, 4) is 5.75 Å². The lowest BCUT2D eigenvalue weighted by molar-refractivity contribution is -0.142. The zero-order valence-corrected chi connectivity index (χ0v) is 9.15. The van der Waals surface area contributed by atoms with Crippen LogP contribution in [0.25, 0.3) is 0 Å². The summed E-state index contributed by atoms with van der Waals surface area (Å²) < 4.78 is 10.8. The van der Waals surface area contributed by atoms with E-state index in [0.29, 0.717) is 29.6 Å². The Morgan fingerprint density at radius 1 is 1.38 bits per heavy atom. The van der Waals surface area contributed by atoms with Gasteiger partial charge < -0.3 is 9.47 Å². The predicted molar refractivity (Wildman–Crippen MR) is 56.6 cm³/mol. The van der Waals surface area contributed by atoms with Crippen LogP contribution in [0.15, 0.2) is 18.2 Å². The zero-order chi connectivity index (χ0) is 11.8. The molecular weight excluding hydrogens is 208 g/mol. The van der Waals surface area contributed by atoms with Gasteiger partial charge in [0.25, 0.3) is 5.79 Å². The molecule has 1 heterocycles. The number of rotatable bonds is 2. The number of fused-ring (bicyclic) bond motifs is 1. The van der Waals surface area contributed by atoms with Gasteiger partial charge in [0.2, 0.25) is 0 Å². The van der Waals surface area contributed by atoms with Crippen molar-refractivity contribution in [2.24, 2.45) is 0 Å². The first-order valence-corrected chi connectivity index (χ1v) is 5.09. The van der Waals surface area contributed by atoms with Crippen LogP contribution < -0.4 is 4.74 Å². The maximum Gasteiger partial charge on any atom is 0.345 e. The van der Waals surface area contributed by atoms with Crippen LogP contribution in [0, 0.1) is 0 Å². The molecule has 4 heteroatoms. The van der Waals surface area contributed by atoms with Crippen molar-refractivity contribution >= 4 is 12.3 Å². The summed E-state index contributed by atoms with van der Waals surface area (Å²) in [5.74, 6) is -0.896. The molecule has 0 fully saturated rings. The summed E-state index contributed by atoms with van der Waals surface area (Å²) >= 11 is 0. The Morgan fingerprint density at radius 2 is 2.12 bits per heavy atom. The minimum absolute atomic E-state index is 0.301. The highest BCUT2D eigenvalue weighted by atomic mass is 16.7. The van der Waals surface area contributed by atoms with E-state index < -0.39 is 11.8 Å². The standard InChI is InChI=1S/C12H12O4/c1-3-12(2)15-10-5-4-8(7-13)6-9(10)11(14)16-12/h4-7H,3H2,1-2H3. The van der Waals surface area contributed by atoms with Gasteiger partial charge in [0.1, 0.15) is 17.6 Å². The average molecular weight is 220 g/mol. The van der Waals surface area contributed by atoms with Crippen LogP contribution in [0.3, 0.4) is 0 Å². The highest BCUT2D eigenvalue weighted by Crippen LogP contribution is 2.33. The Bertz CT molecular complexity index is 452. The van der Waals surface area contributed by atoms with Crippen LogP contribution in [0.4, 0.5) is 0 Å². The minimum atomic E-state index is -0.910. The molecule has 1 aliphatic rings. The highest BCUT2D eigenvalue weighted by Gasteiger charge is 2.36. The van der Waals surface area contributed by atoms with Crippen LogP contribution in [0.2, 0.25) is 0 Å². The number of aldehydes is 1. The van der Waals surface area contributed by atoms with Gasteiger partial charge in [-0.3, -0.25) is 4.79 Å². The third-order valence-corrected chi connectivity index (χ3v) is 2.64. The molecule has 0 aromatic heterocycles. The Morgan fingerprint density at radius 3 is 2.75 bits per heavy atom. The van der Waals surface area contributed by atoms with E-state index >= 15 is 0 Å². The third kappa shape index (κ3) is 1.66. The molecular formula is C12H12O4. The monoisotopic (exact) mass is 220 g/mol. The predicted octanol–water partition coefficient (Wildman–Crippen LogP) is 2.17. The van der Waals surface area contributed by atoms with Crippen LogP contribution in [-0.2, 0) is 4.74 Å². The maximum atomic E-state index is 11.7. The summed E-state index contributed by atoms with van der Waals surface area (Å²) in [6.07, 6.45) is 1.24. The second-order valence-corrected chi connectivity index (χ2v) is 3.85. The van der Waals surface area contributed by atoms with Crippen molar-refractivity contribution in [1.82, 2.24) is 0 Å². The van der Waals surface area contributed by atoms with Crippen molar-refractivity contribution in [3.05, 3.63) is 29.3 Å². The molecule has 4 nitrogen and oxygen atoms in total. The van der Waals surface area contributed by atoms with Crippen LogP contribution >= 0.6 is 0 Å². The number of carbonyl (C=O) groups is 2. The molecule has 16 heavy (non-hydrogen) atoms. The molecule has 0 amide bonds. The molecule has 0 saturated heterocycles. The van der Waals surface area contributed by atoms with Gasteiger partial charge in [-0.1, -0.05) is 6.92 Å². The van der Waals surface area contributed by atoms with Crippen molar-refractivity contribution in [2.75, 3.05) is 0 Å². The molecule has 1 unspecified atom stereocenters. The second-order valence-electron chi connectivity index (χ2n) is 3.85. The molecule has 1 aromatic rings. The number of hydrogen-bond acceptors (Lipinski definition) is 4. The van der Waals surface area contributed by atoms with E-state index in [1.807, 2.05) is 6.92 Å². The number of cyclic esters (lactones) is 1. The molecule has 84 valence electrons. The topological polar surface area (TPSA) is 52.6 Å². The number of carbonyl (C=O) groups excluding carboxylic acids is 2. The lowest BCUT2D eigenvalue weighted by Gasteiger charge is -2.33. The van der Waals surface area contributed by atoms with Gasteiger partial charge in [-0.25, -0.2) is 4.79 Å². The molecule has 0 spiro atoms. The van der Waals surface area contributed by atoms with Gasteiger partial charge in [-0.2, -0.15) is 0 Å². The van der Waals surface area contributed by atoms with E-state index in [-0.39, 0.29) is 0 Å². The summed E-state index contributed by atoms with van der Waals surface area (Å²) in [4.78, 5) is 22.3. The van der Waals surface area contributed by atoms with Crippen molar-refractivity contribution < 1.29 is 19.1 Å². The fourth-order valence-electron chi connectivity index (χ4n) is 1.52. The zero-order valence-electron chi connectivity index (χ0n) is 9.15. The lowest BCUT2D eigenvalue weighted by Crippen LogP contribution is -2.41.